The summed E-state index contributed by atoms with van der Waals surface area (Å²) in [4.78, 5) is 19.4. The molecule has 0 radical (unpaired) electrons. The number of thioether (sulfide) groups is 1. The minimum absolute atomic E-state index is 0.0670. The zero-order valence-electron chi connectivity index (χ0n) is 17.9. The van der Waals surface area contributed by atoms with Gasteiger partial charge in [0.2, 0.25) is 5.91 Å². The number of anilines is 1. The van der Waals surface area contributed by atoms with Gasteiger partial charge in [-0.2, -0.15) is 0 Å². The Bertz CT molecular complexity index is 857. The molecule has 1 fully saturated rings. The number of hydrogen-bond donors (Lipinski definition) is 3. The maximum atomic E-state index is 12.9. The lowest BCUT2D eigenvalue weighted by Gasteiger charge is -2.28. The van der Waals surface area contributed by atoms with Gasteiger partial charge in [-0.15, -0.1) is 11.8 Å². The SMILES string of the molecule is CCNC(=NCc1ccc(N2CCNC(=O)C2)cc1)NCCCSc1ccc(F)cc1. The van der Waals surface area contributed by atoms with Gasteiger partial charge in [0.1, 0.15) is 5.82 Å². The number of aliphatic imine (C=N–C) groups is 1. The average Bonchev–Trinajstić information content (AvgIpc) is 2.79. The van der Waals surface area contributed by atoms with Crippen LogP contribution in [0.25, 0.3) is 0 Å². The highest BCUT2D eigenvalue weighted by Gasteiger charge is 2.16. The fourth-order valence-electron chi connectivity index (χ4n) is 3.18. The summed E-state index contributed by atoms with van der Waals surface area (Å²) < 4.78 is 12.9. The van der Waals surface area contributed by atoms with Crippen LogP contribution in [0.5, 0.6) is 0 Å². The third-order valence-corrected chi connectivity index (χ3v) is 5.90. The van der Waals surface area contributed by atoms with Crippen LogP contribution in [-0.4, -0.2) is 50.3 Å². The predicted molar refractivity (Wildman–Crippen MR) is 126 cm³/mol. The van der Waals surface area contributed by atoms with Crippen LogP contribution < -0.4 is 20.9 Å². The Morgan fingerprint density at radius 3 is 2.65 bits per heavy atom. The van der Waals surface area contributed by atoms with Crippen molar-refractivity contribution < 1.29 is 9.18 Å². The molecule has 0 spiro atoms. The topological polar surface area (TPSA) is 68.8 Å². The van der Waals surface area contributed by atoms with E-state index in [1.807, 2.05) is 19.1 Å². The molecule has 2 aromatic rings. The molecule has 1 saturated heterocycles. The summed E-state index contributed by atoms with van der Waals surface area (Å²) in [6.45, 7) is 6.17. The Kier molecular flexibility index (Phi) is 9.02. The van der Waals surface area contributed by atoms with Gasteiger partial charge in [0.05, 0.1) is 13.1 Å². The second-order valence-electron chi connectivity index (χ2n) is 7.22. The normalized spacial score (nSPS) is 14.3. The molecule has 8 heteroatoms. The molecule has 1 heterocycles. The lowest BCUT2D eigenvalue weighted by Crippen LogP contribution is -2.47. The van der Waals surface area contributed by atoms with Gasteiger partial charge >= 0.3 is 0 Å². The number of nitrogens with zero attached hydrogens (tertiary/aromatic N) is 2. The summed E-state index contributed by atoms with van der Waals surface area (Å²) >= 11 is 1.72. The van der Waals surface area contributed by atoms with Crippen molar-refractivity contribution in [1.82, 2.24) is 16.0 Å². The summed E-state index contributed by atoms with van der Waals surface area (Å²) in [6, 6.07) is 14.8. The van der Waals surface area contributed by atoms with E-state index in [-0.39, 0.29) is 11.7 Å². The van der Waals surface area contributed by atoms with Crippen molar-refractivity contribution in [3.63, 3.8) is 0 Å². The molecule has 3 rings (SSSR count). The number of guanidine groups is 1. The molecule has 1 aliphatic heterocycles. The van der Waals surface area contributed by atoms with Crippen molar-refractivity contribution >= 4 is 29.3 Å². The van der Waals surface area contributed by atoms with Crippen LogP contribution in [0, 0.1) is 5.82 Å². The quantitative estimate of drug-likeness (QED) is 0.241. The maximum Gasteiger partial charge on any atom is 0.239 e. The monoisotopic (exact) mass is 443 g/mol. The highest BCUT2D eigenvalue weighted by atomic mass is 32.2. The van der Waals surface area contributed by atoms with Crippen LogP contribution in [-0.2, 0) is 11.3 Å². The van der Waals surface area contributed by atoms with E-state index in [2.05, 4.69) is 50.1 Å². The molecule has 6 nitrogen and oxygen atoms in total. The average molecular weight is 444 g/mol. The zero-order chi connectivity index (χ0) is 21.9. The van der Waals surface area contributed by atoms with Crippen molar-refractivity contribution in [3.05, 3.63) is 59.9 Å². The molecule has 1 amide bonds. The molecule has 0 bridgehead atoms. The fourth-order valence-corrected chi connectivity index (χ4v) is 4.04. The van der Waals surface area contributed by atoms with Gasteiger partial charge in [0.25, 0.3) is 0 Å². The molecule has 2 aromatic carbocycles. The number of benzene rings is 2. The van der Waals surface area contributed by atoms with E-state index in [1.54, 1.807) is 11.8 Å². The van der Waals surface area contributed by atoms with Crippen LogP contribution in [0.15, 0.2) is 58.4 Å². The number of piperazine rings is 1. The zero-order valence-corrected chi connectivity index (χ0v) is 18.7. The van der Waals surface area contributed by atoms with E-state index < -0.39 is 0 Å². The van der Waals surface area contributed by atoms with Crippen molar-refractivity contribution in [3.8, 4) is 0 Å². The Morgan fingerprint density at radius 1 is 1.16 bits per heavy atom. The third kappa shape index (κ3) is 7.79. The molecular formula is C23H30FN5OS. The summed E-state index contributed by atoms with van der Waals surface area (Å²) in [6.07, 6.45) is 0.977. The molecule has 0 aromatic heterocycles. The minimum atomic E-state index is -0.203. The number of amides is 1. The second-order valence-corrected chi connectivity index (χ2v) is 8.38. The highest BCUT2D eigenvalue weighted by molar-refractivity contribution is 7.99. The first-order chi connectivity index (χ1) is 15.1. The van der Waals surface area contributed by atoms with E-state index in [0.717, 1.165) is 53.9 Å². The number of carbonyl (C=O) groups excluding carboxylic acids is 1. The Morgan fingerprint density at radius 2 is 1.94 bits per heavy atom. The van der Waals surface area contributed by atoms with Crippen LogP contribution >= 0.6 is 11.8 Å². The molecular weight excluding hydrogens is 413 g/mol. The van der Waals surface area contributed by atoms with Gasteiger partial charge in [-0.05, 0) is 61.1 Å². The van der Waals surface area contributed by atoms with E-state index in [4.69, 9.17) is 0 Å². The summed E-state index contributed by atoms with van der Waals surface area (Å²) in [5.74, 6) is 1.61. The fraction of sp³-hybridized carbons (Fsp3) is 0.391. The third-order valence-electron chi connectivity index (χ3n) is 4.80. The highest BCUT2D eigenvalue weighted by Crippen LogP contribution is 2.19. The first-order valence-corrected chi connectivity index (χ1v) is 11.6. The lowest BCUT2D eigenvalue weighted by atomic mass is 10.2. The van der Waals surface area contributed by atoms with Crippen LogP contribution in [0.2, 0.25) is 0 Å². The van der Waals surface area contributed by atoms with Crippen molar-refractivity contribution in [2.45, 2.75) is 24.8 Å². The molecule has 166 valence electrons. The van der Waals surface area contributed by atoms with E-state index >= 15 is 0 Å². The number of hydrogen-bond acceptors (Lipinski definition) is 4. The second kappa shape index (κ2) is 12.2. The van der Waals surface area contributed by atoms with Gasteiger partial charge in [0.15, 0.2) is 5.96 Å². The van der Waals surface area contributed by atoms with Crippen molar-refractivity contribution in [1.29, 1.82) is 0 Å². The van der Waals surface area contributed by atoms with Crippen LogP contribution in [0.4, 0.5) is 10.1 Å². The Balaban J connectivity index is 1.43. The van der Waals surface area contributed by atoms with Gasteiger partial charge < -0.3 is 20.9 Å². The summed E-state index contributed by atoms with van der Waals surface area (Å²) in [5.41, 5.74) is 2.18. The smallest absolute Gasteiger partial charge is 0.239 e. The first-order valence-electron chi connectivity index (χ1n) is 10.6. The maximum absolute atomic E-state index is 12.9. The largest absolute Gasteiger partial charge is 0.360 e. The van der Waals surface area contributed by atoms with E-state index in [0.29, 0.717) is 19.6 Å². The minimum Gasteiger partial charge on any atom is -0.360 e. The summed E-state index contributed by atoms with van der Waals surface area (Å²) in [5, 5.41) is 9.49. The van der Waals surface area contributed by atoms with Crippen molar-refractivity contribution in [2.24, 2.45) is 4.99 Å². The first kappa shape index (κ1) is 22.9. The lowest BCUT2D eigenvalue weighted by molar-refractivity contribution is -0.120. The van der Waals surface area contributed by atoms with Gasteiger partial charge in [-0.1, -0.05) is 12.1 Å². The molecule has 0 saturated carbocycles. The van der Waals surface area contributed by atoms with Crippen LogP contribution in [0.3, 0.4) is 0 Å². The number of halogens is 1. The predicted octanol–water partition coefficient (Wildman–Crippen LogP) is 3.00. The Hall–Kier alpha value is -2.74. The standard InChI is InChI=1S/C23H30FN5OS/c1-2-25-23(27-12-3-15-31-21-10-6-19(24)7-11-21)28-16-18-4-8-20(9-5-18)29-14-13-26-22(30)17-29/h4-11H,2-3,12-17H2,1H3,(H,26,30)(H2,25,27,28). The summed E-state index contributed by atoms with van der Waals surface area (Å²) in [7, 11) is 0. The number of carbonyl (C=O) groups is 1. The molecule has 0 unspecified atom stereocenters. The Labute approximate surface area is 187 Å². The molecule has 3 N–H and O–H groups in total. The van der Waals surface area contributed by atoms with E-state index in [1.165, 1.54) is 12.1 Å². The van der Waals surface area contributed by atoms with Crippen LogP contribution in [0.1, 0.15) is 18.9 Å². The molecule has 0 aliphatic carbocycles. The molecule has 0 atom stereocenters. The van der Waals surface area contributed by atoms with Gasteiger partial charge in [-0.3, -0.25) is 4.79 Å². The van der Waals surface area contributed by atoms with Crippen molar-refractivity contribution in [2.75, 3.05) is 43.4 Å². The number of nitrogens with one attached hydrogen (secondary N) is 3. The van der Waals surface area contributed by atoms with Gasteiger partial charge in [-0.25, -0.2) is 9.38 Å². The molecule has 31 heavy (non-hydrogen) atoms. The molecule has 1 aliphatic rings. The number of rotatable bonds is 9. The van der Waals surface area contributed by atoms with E-state index in [9.17, 15) is 9.18 Å². The van der Waals surface area contributed by atoms with Gasteiger partial charge in [0, 0.05) is 36.8 Å².